The molecule has 1 saturated carbocycles. The summed E-state index contributed by atoms with van der Waals surface area (Å²) in [4.78, 5) is 23.9. The van der Waals surface area contributed by atoms with Gasteiger partial charge in [0, 0.05) is 18.8 Å². The highest BCUT2D eigenvalue weighted by Gasteiger charge is 2.39. The van der Waals surface area contributed by atoms with Crippen molar-refractivity contribution in [3.63, 3.8) is 0 Å². The normalized spacial score (nSPS) is 17.5. The fraction of sp³-hybridized carbons (Fsp3) is 0.800. The van der Waals surface area contributed by atoms with Crippen molar-refractivity contribution >= 4 is 28.6 Å². The second-order valence-corrected chi connectivity index (χ2v) is 17.7. The van der Waals surface area contributed by atoms with Crippen LogP contribution in [-0.2, 0) is 27.9 Å². The second-order valence-electron chi connectivity index (χ2n) is 8.84. The first-order chi connectivity index (χ1) is 13.0. The molecule has 1 unspecified atom stereocenters. The van der Waals surface area contributed by atoms with Crippen molar-refractivity contribution in [2.75, 3.05) is 13.2 Å². The van der Waals surface area contributed by atoms with Crippen LogP contribution in [0.4, 0.5) is 0 Å². The molecule has 0 aromatic rings. The average molecular weight is 431 g/mol. The van der Waals surface area contributed by atoms with Crippen LogP contribution in [0.2, 0.25) is 32.7 Å². The van der Waals surface area contributed by atoms with Crippen LogP contribution in [0.25, 0.3) is 0 Å². The molecule has 162 valence electrons. The Bertz CT molecular complexity index is 521. The fourth-order valence-electron chi connectivity index (χ4n) is 3.29. The van der Waals surface area contributed by atoms with E-state index in [1.807, 2.05) is 6.92 Å². The van der Waals surface area contributed by atoms with E-state index in [0.29, 0.717) is 6.61 Å². The molecule has 1 aliphatic rings. The van der Waals surface area contributed by atoms with Crippen LogP contribution >= 0.6 is 0 Å². The van der Waals surface area contributed by atoms with Crippen LogP contribution in [-0.4, -0.2) is 53.6 Å². The number of carbonyl (C=O) groups excluding carboxylic acids is 2. The predicted octanol–water partition coefficient (Wildman–Crippen LogP) is 4.35. The Hall–Kier alpha value is -0.966. The summed E-state index contributed by atoms with van der Waals surface area (Å²) in [5, 5.41) is 0. The van der Waals surface area contributed by atoms with E-state index in [1.165, 1.54) is 6.42 Å². The molecule has 1 atom stereocenters. The predicted molar refractivity (Wildman–Crippen MR) is 115 cm³/mol. The topological polar surface area (TPSA) is 71.1 Å². The highest BCUT2D eigenvalue weighted by atomic mass is 28.4. The van der Waals surface area contributed by atoms with Crippen LogP contribution in [0.15, 0.2) is 12.2 Å². The first-order valence-electron chi connectivity index (χ1n) is 10.4. The van der Waals surface area contributed by atoms with Crippen molar-refractivity contribution in [1.29, 1.82) is 0 Å². The van der Waals surface area contributed by atoms with Gasteiger partial charge in [-0.2, -0.15) is 0 Å². The minimum atomic E-state index is -2.20. The smallest absolute Gasteiger partial charge is 0.331 e. The maximum absolute atomic E-state index is 12.0. The molecule has 0 aliphatic heterocycles. The molecule has 0 aromatic heterocycles. The second kappa shape index (κ2) is 11.9. The monoisotopic (exact) mass is 430 g/mol. The fourth-order valence-corrected chi connectivity index (χ4v) is 11.1. The van der Waals surface area contributed by atoms with E-state index < -0.39 is 28.6 Å². The number of esters is 2. The van der Waals surface area contributed by atoms with Crippen molar-refractivity contribution in [2.45, 2.75) is 90.0 Å². The van der Waals surface area contributed by atoms with Gasteiger partial charge in [-0.05, 0) is 64.8 Å². The average Bonchev–Trinajstić information content (AvgIpc) is 2.58. The van der Waals surface area contributed by atoms with Gasteiger partial charge in [0.15, 0.2) is 8.32 Å². The molecule has 0 aromatic carbocycles. The third-order valence-electron chi connectivity index (χ3n) is 4.44. The van der Waals surface area contributed by atoms with Gasteiger partial charge in [-0.15, -0.1) is 0 Å². The molecular weight excluding hydrogens is 392 g/mol. The van der Waals surface area contributed by atoms with Crippen molar-refractivity contribution in [2.24, 2.45) is 0 Å². The molecule has 0 spiro atoms. The van der Waals surface area contributed by atoms with Gasteiger partial charge in [-0.3, -0.25) is 0 Å². The number of rotatable bonds is 11. The minimum Gasteiger partial charge on any atom is -0.460 e. The molecule has 1 aliphatic carbocycles. The Kier molecular flexibility index (Phi) is 10.7. The van der Waals surface area contributed by atoms with Crippen LogP contribution in [0.5, 0.6) is 0 Å². The first kappa shape index (κ1) is 25.1. The third kappa shape index (κ3) is 10.5. The molecule has 0 bridgehead atoms. The summed E-state index contributed by atoms with van der Waals surface area (Å²) in [6.07, 6.45) is 8.31. The first-order valence-corrected chi connectivity index (χ1v) is 16.8. The maximum atomic E-state index is 12.0. The van der Waals surface area contributed by atoms with Crippen LogP contribution in [0.3, 0.4) is 0 Å². The lowest BCUT2D eigenvalue weighted by Crippen LogP contribution is -2.54. The molecule has 28 heavy (non-hydrogen) atoms. The zero-order valence-electron chi connectivity index (χ0n) is 18.4. The summed E-state index contributed by atoms with van der Waals surface area (Å²) >= 11 is 0. The molecule has 1 rings (SSSR count). The van der Waals surface area contributed by atoms with E-state index in [1.54, 1.807) is 0 Å². The Balaban J connectivity index is 2.53. The Labute approximate surface area is 172 Å². The van der Waals surface area contributed by atoms with Gasteiger partial charge < -0.3 is 18.3 Å². The molecule has 0 heterocycles. The molecule has 0 radical (unpaired) electrons. The van der Waals surface area contributed by atoms with E-state index in [9.17, 15) is 9.59 Å². The Morgan fingerprint density at radius 2 is 1.61 bits per heavy atom. The lowest BCUT2D eigenvalue weighted by Gasteiger charge is -2.37. The zero-order valence-corrected chi connectivity index (χ0v) is 20.4. The van der Waals surface area contributed by atoms with Crippen molar-refractivity contribution in [3.05, 3.63) is 12.2 Å². The van der Waals surface area contributed by atoms with Crippen LogP contribution in [0, 0.1) is 0 Å². The van der Waals surface area contributed by atoms with E-state index in [4.69, 9.17) is 18.3 Å². The van der Waals surface area contributed by atoms with Gasteiger partial charge in [0.2, 0.25) is 8.32 Å². The SMILES string of the molecule is CCCOC(COC(=O)/C=C/C(=O)OC1CCCCC1)[Si](C)(C)O[Si](C)(C)C. The summed E-state index contributed by atoms with van der Waals surface area (Å²) in [5.74, 6) is -1.05. The van der Waals surface area contributed by atoms with Gasteiger partial charge in [0.1, 0.15) is 18.4 Å². The lowest BCUT2D eigenvalue weighted by atomic mass is 9.98. The van der Waals surface area contributed by atoms with E-state index in [-0.39, 0.29) is 18.4 Å². The number of hydrogen-bond acceptors (Lipinski definition) is 6. The standard InChI is InChI=1S/C20H38O6Si2/c1-7-15-23-20(28(5,6)26-27(2,3)4)16-24-18(21)13-14-19(22)25-17-11-9-8-10-12-17/h13-14,17,20H,7-12,15-16H2,1-6H3/b14-13+. The number of ether oxygens (including phenoxy) is 3. The summed E-state index contributed by atoms with van der Waals surface area (Å²) in [5.41, 5.74) is -0.245. The van der Waals surface area contributed by atoms with Crippen molar-refractivity contribution in [1.82, 2.24) is 0 Å². The summed E-state index contributed by atoms with van der Waals surface area (Å²) in [7, 11) is -3.94. The quantitative estimate of drug-likeness (QED) is 0.276. The molecule has 1 fully saturated rings. The Morgan fingerprint density at radius 1 is 1.00 bits per heavy atom. The minimum absolute atomic E-state index is 0.0285. The van der Waals surface area contributed by atoms with Crippen LogP contribution < -0.4 is 0 Å². The highest BCUT2D eigenvalue weighted by molar-refractivity contribution is 6.84. The lowest BCUT2D eigenvalue weighted by molar-refractivity contribution is -0.145. The van der Waals surface area contributed by atoms with E-state index >= 15 is 0 Å². The van der Waals surface area contributed by atoms with Gasteiger partial charge >= 0.3 is 11.9 Å². The molecule has 6 nitrogen and oxygen atoms in total. The van der Waals surface area contributed by atoms with E-state index in [0.717, 1.165) is 44.3 Å². The Morgan fingerprint density at radius 3 is 2.18 bits per heavy atom. The van der Waals surface area contributed by atoms with E-state index in [2.05, 4.69) is 32.7 Å². The molecule has 0 saturated heterocycles. The summed E-state index contributed by atoms with van der Waals surface area (Å²) in [6, 6.07) is 0. The van der Waals surface area contributed by atoms with Gasteiger partial charge in [0.05, 0.1) is 0 Å². The van der Waals surface area contributed by atoms with Crippen LogP contribution in [0.1, 0.15) is 45.4 Å². The maximum Gasteiger partial charge on any atom is 0.331 e. The zero-order chi connectivity index (χ0) is 21.2. The summed E-state index contributed by atoms with van der Waals surface area (Å²) in [6.45, 7) is 13.4. The number of carbonyl (C=O) groups is 2. The van der Waals surface area contributed by atoms with Crippen molar-refractivity contribution in [3.8, 4) is 0 Å². The molecule has 8 heteroatoms. The van der Waals surface area contributed by atoms with Crippen molar-refractivity contribution < 1.29 is 27.9 Å². The molecule has 0 amide bonds. The largest absolute Gasteiger partial charge is 0.460 e. The third-order valence-corrected chi connectivity index (χ3v) is 10.9. The molecule has 0 N–H and O–H groups in total. The van der Waals surface area contributed by atoms with Gasteiger partial charge in [-0.25, -0.2) is 9.59 Å². The highest BCUT2D eigenvalue weighted by Crippen LogP contribution is 2.21. The summed E-state index contributed by atoms with van der Waals surface area (Å²) < 4.78 is 23.0. The number of hydrogen-bond donors (Lipinski definition) is 0. The van der Waals surface area contributed by atoms with Gasteiger partial charge in [0.25, 0.3) is 0 Å². The van der Waals surface area contributed by atoms with Gasteiger partial charge in [-0.1, -0.05) is 13.3 Å². The molecular formula is C20H38O6Si2.